The van der Waals surface area contributed by atoms with Crippen LogP contribution in [0.2, 0.25) is 0 Å². The average molecular weight is 481 g/mol. The highest BCUT2D eigenvalue weighted by molar-refractivity contribution is 6.06. The molecule has 0 atom stereocenters. The number of aromatic nitrogens is 6. The summed E-state index contributed by atoms with van der Waals surface area (Å²) < 4.78 is 40.0. The lowest BCUT2D eigenvalue weighted by Crippen LogP contribution is -2.19. The Morgan fingerprint density at radius 2 is 1.97 bits per heavy atom. The summed E-state index contributed by atoms with van der Waals surface area (Å²) >= 11 is 0. The standard InChI is InChI=1S/C22H14F3N7O3/c1-11-7-18(33)29-16-5-4-13(9-14(11)16)28-20(34)15-8-12(22(23,24)25)10-27-21(15)35-32-19-17(30-31-32)3-2-6-26-19/h2-10H,1H3,(H,28,34)(H,29,33). The first-order valence-electron chi connectivity index (χ1n) is 10.1. The molecule has 0 radical (unpaired) electrons. The third-order valence-corrected chi connectivity index (χ3v) is 5.08. The summed E-state index contributed by atoms with van der Waals surface area (Å²) in [6, 6.07) is 9.94. The maximum Gasteiger partial charge on any atom is 0.417 e. The molecule has 10 nitrogen and oxygen atoms in total. The van der Waals surface area contributed by atoms with Crippen molar-refractivity contribution in [2.24, 2.45) is 0 Å². The maximum atomic E-state index is 13.3. The Morgan fingerprint density at radius 3 is 2.77 bits per heavy atom. The number of amides is 1. The number of aromatic amines is 1. The number of fused-ring (bicyclic) bond motifs is 2. The van der Waals surface area contributed by atoms with Gasteiger partial charge in [-0.1, -0.05) is 4.85 Å². The molecule has 0 fully saturated rings. The molecule has 0 unspecified atom stereocenters. The third-order valence-electron chi connectivity index (χ3n) is 5.08. The van der Waals surface area contributed by atoms with Crippen molar-refractivity contribution in [1.29, 1.82) is 0 Å². The minimum absolute atomic E-state index is 0.180. The number of nitrogens with zero attached hydrogens (tertiary/aromatic N) is 5. The first-order valence-corrected chi connectivity index (χ1v) is 10.1. The Bertz CT molecular complexity index is 1660. The third kappa shape index (κ3) is 4.26. The van der Waals surface area contributed by atoms with Crippen molar-refractivity contribution in [1.82, 2.24) is 30.1 Å². The molecule has 4 aromatic heterocycles. The lowest BCUT2D eigenvalue weighted by molar-refractivity contribution is -0.137. The fourth-order valence-corrected chi connectivity index (χ4v) is 3.43. The van der Waals surface area contributed by atoms with Crippen LogP contribution in [0.15, 0.2) is 59.7 Å². The number of H-pyrrole nitrogens is 1. The van der Waals surface area contributed by atoms with Gasteiger partial charge in [0.1, 0.15) is 11.1 Å². The molecular weight excluding hydrogens is 467 g/mol. The molecule has 0 saturated heterocycles. The zero-order valence-electron chi connectivity index (χ0n) is 17.8. The molecule has 1 amide bonds. The van der Waals surface area contributed by atoms with E-state index in [0.717, 1.165) is 4.85 Å². The van der Waals surface area contributed by atoms with E-state index in [2.05, 4.69) is 30.6 Å². The number of hydrogen-bond acceptors (Lipinski definition) is 7. The van der Waals surface area contributed by atoms with E-state index in [9.17, 15) is 22.8 Å². The molecule has 0 aliphatic carbocycles. The lowest BCUT2D eigenvalue weighted by atomic mass is 10.1. The number of halogens is 3. The van der Waals surface area contributed by atoms with Gasteiger partial charge in [-0.2, -0.15) is 13.2 Å². The molecule has 5 aromatic rings. The predicted molar refractivity (Wildman–Crippen MR) is 118 cm³/mol. The van der Waals surface area contributed by atoms with Crippen molar-refractivity contribution in [3.8, 4) is 5.88 Å². The highest BCUT2D eigenvalue weighted by Gasteiger charge is 2.33. The second-order valence-corrected chi connectivity index (χ2v) is 7.51. The predicted octanol–water partition coefficient (Wildman–Crippen LogP) is 3.48. The summed E-state index contributed by atoms with van der Waals surface area (Å²) in [6.07, 6.45) is -2.74. The summed E-state index contributed by atoms with van der Waals surface area (Å²) in [6.45, 7) is 1.72. The number of aryl methyl sites for hydroxylation is 1. The second-order valence-electron chi connectivity index (χ2n) is 7.51. The van der Waals surface area contributed by atoms with Crippen LogP contribution in [0.4, 0.5) is 18.9 Å². The van der Waals surface area contributed by atoms with Gasteiger partial charge in [-0.3, -0.25) is 9.59 Å². The number of rotatable bonds is 4. The Kier molecular flexibility index (Phi) is 5.16. The van der Waals surface area contributed by atoms with Crippen molar-refractivity contribution < 1.29 is 22.8 Å². The van der Waals surface area contributed by atoms with Gasteiger partial charge < -0.3 is 15.1 Å². The molecule has 0 aliphatic rings. The molecule has 4 heterocycles. The fourth-order valence-electron chi connectivity index (χ4n) is 3.43. The SMILES string of the molecule is Cc1cc(=O)[nH]c2ccc(NC(=O)c3cc(C(F)(F)F)cnc3On3nnc4cccnc43)cc12. The van der Waals surface area contributed by atoms with Gasteiger partial charge in [0.2, 0.25) is 11.2 Å². The van der Waals surface area contributed by atoms with Crippen LogP contribution in [0.1, 0.15) is 21.5 Å². The minimum atomic E-state index is -4.74. The van der Waals surface area contributed by atoms with Crippen LogP contribution in [-0.4, -0.2) is 36.0 Å². The normalized spacial score (nSPS) is 11.7. The van der Waals surface area contributed by atoms with E-state index in [1.807, 2.05) is 0 Å². The van der Waals surface area contributed by atoms with Gasteiger partial charge in [-0.15, -0.1) is 5.10 Å². The number of carbonyl (C=O) groups excluding carboxylic acids is 1. The number of alkyl halides is 3. The molecule has 5 rings (SSSR count). The van der Waals surface area contributed by atoms with Crippen molar-refractivity contribution >= 4 is 33.7 Å². The Labute approximate surface area is 193 Å². The van der Waals surface area contributed by atoms with Gasteiger partial charge in [0.25, 0.3) is 11.8 Å². The van der Waals surface area contributed by atoms with Crippen LogP contribution < -0.4 is 15.7 Å². The van der Waals surface area contributed by atoms with Crippen LogP contribution >= 0.6 is 0 Å². The number of nitrogens with one attached hydrogen (secondary N) is 2. The molecule has 0 saturated carbocycles. The quantitative estimate of drug-likeness (QED) is 0.402. The summed E-state index contributed by atoms with van der Waals surface area (Å²) in [5.74, 6) is -1.34. The molecule has 0 aliphatic heterocycles. The number of hydrogen-bond donors (Lipinski definition) is 2. The Hall–Kier alpha value is -4.81. The van der Waals surface area contributed by atoms with Crippen molar-refractivity contribution in [2.45, 2.75) is 13.1 Å². The summed E-state index contributed by atoms with van der Waals surface area (Å²) in [7, 11) is 0. The van der Waals surface area contributed by atoms with E-state index in [0.29, 0.717) is 34.2 Å². The largest absolute Gasteiger partial charge is 0.417 e. The number of carbonyl (C=O) groups is 1. The van der Waals surface area contributed by atoms with Gasteiger partial charge >= 0.3 is 6.18 Å². The minimum Gasteiger partial charge on any atom is -0.333 e. The molecule has 13 heteroatoms. The van der Waals surface area contributed by atoms with Crippen LogP contribution in [0, 0.1) is 6.92 Å². The van der Waals surface area contributed by atoms with E-state index < -0.39 is 29.1 Å². The average Bonchev–Trinajstić information content (AvgIpc) is 3.22. The van der Waals surface area contributed by atoms with Crippen molar-refractivity contribution in [3.05, 3.63) is 81.9 Å². The highest BCUT2D eigenvalue weighted by Crippen LogP contribution is 2.32. The first kappa shape index (κ1) is 22.0. The molecule has 2 N–H and O–H groups in total. The van der Waals surface area contributed by atoms with Crippen LogP contribution in [0.25, 0.3) is 22.1 Å². The highest BCUT2D eigenvalue weighted by atomic mass is 19.4. The van der Waals surface area contributed by atoms with Gasteiger partial charge in [0.15, 0.2) is 0 Å². The van der Waals surface area contributed by atoms with Crippen molar-refractivity contribution in [2.75, 3.05) is 5.32 Å². The van der Waals surface area contributed by atoms with Gasteiger partial charge in [0.05, 0.1) is 5.56 Å². The topological polar surface area (TPSA) is 128 Å². The van der Waals surface area contributed by atoms with Gasteiger partial charge in [-0.25, -0.2) is 9.97 Å². The van der Waals surface area contributed by atoms with E-state index in [-0.39, 0.29) is 16.9 Å². The summed E-state index contributed by atoms with van der Waals surface area (Å²) in [5.41, 5.74) is 0.141. The Morgan fingerprint density at radius 1 is 1.14 bits per heavy atom. The molecule has 0 bridgehead atoms. The van der Waals surface area contributed by atoms with Gasteiger partial charge in [-0.05, 0) is 54.1 Å². The van der Waals surface area contributed by atoms with Crippen LogP contribution in [0.3, 0.4) is 0 Å². The number of anilines is 1. The molecule has 1 aromatic carbocycles. The lowest BCUT2D eigenvalue weighted by Gasteiger charge is -2.13. The van der Waals surface area contributed by atoms with E-state index in [1.165, 1.54) is 18.3 Å². The smallest absolute Gasteiger partial charge is 0.333 e. The molecule has 35 heavy (non-hydrogen) atoms. The first-order chi connectivity index (χ1) is 16.7. The summed E-state index contributed by atoms with van der Waals surface area (Å²) in [4.78, 5) is 41.5. The van der Waals surface area contributed by atoms with E-state index >= 15 is 0 Å². The number of benzene rings is 1. The van der Waals surface area contributed by atoms with E-state index in [4.69, 9.17) is 4.84 Å². The number of pyridine rings is 3. The Balaban J connectivity index is 1.53. The van der Waals surface area contributed by atoms with Crippen LogP contribution in [-0.2, 0) is 6.18 Å². The monoisotopic (exact) mass is 481 g/mol. The van der Waals surface area contributed by atoms with Crippen LogP contribution in [0.5, 0.6) is 5.88 Å². The second kappa shape index (κ2) is 8.20. The van der Waals surface area contributed by atoms with Gasteiger partial charge in [0, 0.05) is 35.1 Å². The summed E-state index contributed by atoms with van der Waals surface area (Å²) in [5, 5.41) is 10.8. The zero-order chi connectivity index (χ0) is 24.7. The van der Waals surface area contributed by atoms with Crippen molar-refractivity contribution in [3.63, 3.8) is 0 Å². The zero-order valence-corrected chi connectivity index (χ0v) is 17.8. The molecular formula is C22H14F3N7O3. The maximum absolute atomic E-state index is 13.3. The fraction of sp³-hybridized carbons (Fsp3) is 0.0909. The molecule has 176 valence electrons. The van der Waals surface area contributed by atoms with E-state index in [1.54, 1.807) is 31.2 Å². The molecule has 0 spiro atoms.